The lowest BCUT2D eigenvalue weighted by Crippen LogP contribution is -2.32. The minimum atomic E-state index is -0.148. The largest absolute Gasteiger partial charge is 0.341 e. The highest BCUT2D eigenvalue weighted by atomic mass is 16.2. The van der Waals surface area contributed by atoms with Gasteiger partial charge in [0.25, 0.3) is 0 Å². The van der Waals surface area contributed by atoms with E-state index < -0.39 is 0 Å². The van der Waals surface area contributed by atoms with Crippen LogP contribution >= 0.6 is 0 Å². The number of carbonyl (C=O) groups is 1. The Kier molecular flexibility index (Phi) is 4.16. The molecule has 0 unspecified atom stereocenters. The van der Waals surface area contributed by atoms with Gasteiger partial charge in [0.15, 0.2) is 0 Å². The number of benzene rings is 1. The smallest absolute Gasteiger partial charge is 0.314 e. The molecule has 0 saturated heterocycles. The van der Waals surface area contributed by atoms with Crippen molar-refractivity contribution in [2.75, 3.05) is 7.05 Å². The van der Waals surface area contributed by atoms with Gasteiger partial charge in [0.1, 0.15) is 0 Å². The van der Waals surface area contributed by atoms with Gasteiger partial charge in [0, 0.05) is 13.6 Å². The van der Waals surface area contributed by atoms with E-state index in [0.717, 1.165) is 0 Å². The first kappa shape index (κ1) is 13.6. The molecule has 94 valence electrons. The first-order chi connectivity index (χ1) is 7.84. The maximum Gasteiger partial charge on any atom is 0.314 e. The Morgan fingerprint density at radius 2 is 1.94 bits per heavy atom. The van der Waals surface area contributed by atoms with Gasteiger partial charge >= 0.3 is 6.03 Å². The number of rotatable bonds is 2. The molecule has 17 heavy (non-hydrogen) atoms. The fraction of sp³-hybridized carbons (Fsp3) is 0.500. The molecule has 0 spiro atoms. The summed E-state index contributed by atoms with van der Waals surface area (Å²) in [6.07, 6.45) is 0. The van der Waals surface area contributed by atoms with Crippen molar-refractivity contribution in [2.45, 2.75) is 39.7 Å². The van der Waals surface area contributed by atoms with Crippen LogP contribution in [0.5, 0.6) is 0 Å². The lowest BCUT2D eigenvalue weighted by Gasteiger charge is -2.21. The summed E-state index contributed by atoms with van der Waals surface area (Å²) in [6, 6.07) is 6.29. The van der Waals surface area contributed by atoms with Gasteiger partial charge in [-0.15, -0.1) is 0 Å². The summed E-state index contributed by atoms with van der Waals surface area (Å²) in [4.78, 5) is 11.2. The van der Waals surface area contributed by atoms with Crippen LogP contribution in [-0.2, 0) is 12.0 Å². The van der Waals surface area contributed by atoms with Gasteiger partial charge in [-0.3, -0.25) is 0 Å². The third kappa shape index (κ3) is 3.77. The number of hydrogen-bond acceptors (Lipinski definition) is 1. The molecule has 0 aliphatic carbocycles. The van der Waals surface area contributed by atoms with Gasteiger partial charge in [-0.1, -0.05) is 39.0 Å². The van der Waals surface area contributed by atoms with Crippen LogP contribution in [0.25, 0.3) is 0 Å². The minimum Gasteiger partial charge on any atom is -0.341 e. The van der Waals surface area contributed by atoms with Gasteiger partial charge in [0.05, 0.1) is 0 Å². The van der Waals surface area contributed by atoms with Crippen molar-refractivity contribution in [3.8, 4) is 0 Å². The van der Waals surface area contributed by atoms with Crippen molar-refractivity contribution in [1.82, 2.24) is 10.6 Å². The number of aryl methyl sites for hydroxylation is 1. The molecule has 0 saturated carbocycles. The molecule has 0 aliphatic heterocycles. The van der Waals surface area contributed by atoms with Crippen LogP contribution in [0.4, 0.5) is 4.79 Å². The topological polar surface area (TPSA) is 41.1 Å². The zero-order valence-electron chi connectivity index (χ0n) is 11.3. The summed E-state index contributed by atoms with van der Waals surface area (Å²) >= 11 is 0. The molecule has 0 fully saturated rings. The fourth-order valence-corrected chi connectivity index (χ4v) is 1.59. The maximum atomic E-state index is 11.2. The summed E-state index contributed by atoms with van der Waals surface area (Å²) in [5.74, 6) is 0. The van der Waals surface area contributed by atoms with Gasteiger partial charge < -0.3 is 10.6 Å². The van der Waals surface area contributed by atoms with Crippen LogP contribution in [0.2, 0.25) is 0 Å². The van der Waals surface area contributed by atoms with Crippen molar-refractivity contribution < 1.29 is 4.79 Å². The Bertz CT molecular complexity index is 405. The molecular weight excluding hydrogens is 212 g/mol. The van der Waals surface area contributed by atoms with E-state index in [0.29, 0.717) is 6.54 Å². The molecule has 1 rings (SSSR count). The van der Waals surface area contributed by atoms with Gasteiger partial charge in [0.2, 0.25) is 0 Å². The Morgan fingerprint density at radius 3 is 2.47 bits per heavy atom. The summed E-state index contributed by atoms with van der Waals surface area (Å²) < 4.78 is 0. The molecule has 3 nitrogen and oxygen atoms in total. The van der Waals surface area contributed by atoms with Gasteiger partial charge in [-0.25, -0.2) is 4.79 Å². The minimum absolute atomic E-state index is 0.134. The van der Waals surface area contributed by atoms with Crippen molar-refractivity contribution in [3.63, 3.8) is 0 Å². The lowest BCUT2D eigenvalue weighted by molar-refractivity contribution is 0.242. The molecule has 0 aromatic heterocycles. The Labute approximate surface area is 104 Å². The van der Waals surface area contributed by atoms with Gasteiger partial charge in [-0.05, 0) is 29.0 Å². The lowest BCUT2D eigenvalue weighted by atomic mass is 9.85. The molecule has 0 aliphatic rings. The molecule has 3 heteroatoms. The predicted octanol–water partition coefficient (Wildman–Crippen LogP) is 2.72. The van der Waals surface area contributed by atoms with E-state index in [4.69, 9.17) is 0 Å². The average molecular weight is 234 g/mol. The summed E-state index contributed by atoms with van der Waals surface area (Å²) in [7, 11) is 1.62. The number of hydrogen-bond donors (Lipinski definition) is 2. The molecule has 2 amide bonds. The molecule has 1 aromatic carbocycles. The Morgan fingerprint density at radius 1 is 1.29 bits per heavy atom. The monoisotopic (exact) mass is 234 g/mol. The second kappa shape index (κ2) is 5.21. The number of urea groups is 1. The molecule has 0 atom stereocenters. The molecule has 1 aromatic rings. The zero-order valence-corrected chi connectivity index (χ0v) is 11.3. The highest BCUT2D eigenvalue weighted by Gasteiger charge is 2.14. The molecule has 2 N–H and O–H groups in total. The van der Waals surface area contributed by atoms with Crippen LogP contribution in [0, 0.1) is 6.92 Å². The van der Waals surface area contributed by atoms with Crippen LogP contribution in [0.1, 0.15) is 37.5 Å². The van der Waals surface area contributed by atoms with Gasteiger partial charge in [-0.2, -0.15) is 0 Å². The molecule has 0 heterocycles. The first-order valence-electron chi connectivity index (χ1n) is 5.90. The molecule has 0 bridgehead atoms. The SMILES string of the molecule is CNC(=O)NCc1cc(C(C)(C)C)ccc1C. The van der Waals surface area contributed by atoms with E-state index in [-0.39, 0.29) is 11.4 Å². The van der Waals surface area contributed by atoms with E-state index in [9.17, 15) is 4.79 Å². The number of amides is 2. The highest BCUT2D eigenvalue weighted by Crippen LogP contribution is 2.24. The second-order valence-corrected chi connectivity index (χ2v) is 5.32. The quantitative estimate of drug-likeness (QED) is 0.811. The van der Waals surface area contributed by atoms with Crippen LogP contribution < -0.4 is 10.6 Å². The average Bonchev–Trinajstić information content (AvgIpc) is 2.26. The standard InChI is InChI=1S/C14H22N2O/c1-10-6-7-12(14(2,3)4)8-11(10)9-16-13(17)15-5/h6-8H,9H2,1-5H3,(H2,15,16,17). The van der Waals surface area contributed by atoms with Crippen molar-refractivity contribution in [1.29, 1.82) is 0 Å². The van der Waals surface area contributed by atoms with E-state index in [2.05, 4.69) is 56.5 Å². The van der Waals surface area contributed by atoms with Crippen molar-refractivity contribution in [3.05, 3.63) is 34.9 Å². The van der Waals surface area contributed by atoms with Crippen molar-refractivity contribution >= 4 is 6.03 Å². The first-order valence-corrected chi connectivity index (χ1v) is 5.90. The van der Waals surface area contributed by atoms with E-state index in [1.807, 2.05) is 0 Å². The van der Waals surface area contributed by atoms with E-state index in [1.54, 1.807) is 7.05 Å². The fourth-order valence-electron chi connectivity index (χ4n) is 1.59. The third-order valence-electron chi connectivity index (χ3n) is 2.88. The molecular formula is C14H22N2O. The maximum absolute atomic E-state index is 11.2. The second-order valence-electron chi connectivity index (χ2n) is 5.32. The Balaban J connectivity index is 2.88. The summed E-state index contributed by atoms with van der Waals surface area (Å²) in [5.41, 5.74) is 3.79. The summed E-state index contributed by atoms with van der Waals surface area (Å²) in [5, 5.41) is 5.37. The molecule has 0 radical (unpaired) electrons. The van der Waals surface area contributed by atoms with E-state index >= 15 is 0 Å². The number of nitrogens with one attached hydrogen (secondary N) is 2. The zero-order chi connectivity index (χ0) is 13.1. The van der Waals surface area contributed by atoms with Crippen LogP contribution in [0.15, 0.2) is 18.2 Å². The third-order valence-corrected chi connectivity index (χ3v) is 2.88. The van der Waals surface area contributed by atoms with Crippen molar-refractivity contribution in [2.24, 2.45) is 0 Å². The highest BCUT2D eigenvalue weighted by molar-refractivity contribution is 5.73. The van der Waals surface area contributed by atoms with Crippen LogP contribution in [-0.4, -0.2) is 13.1 Å². The van der Waals surface area contributed by atoms with Crippen LogP contribution in [0.3, 0.4) is 0 Å². The van der Waals surface area contributed by atoms with E-state index in [1.165, 1.54) is 16.7 Å². The normalized spacial score (nSPS) is 11.1. The number of carbonyl (C=O) groups excluding carboxylic acids is 1. The predicted molar refractivity (Wildman–Crippen MR) is 71.2 cm³/mol. The Hall–Kier alpha value is -1.51. The summed E-state index contributed by atoms with van der Waals surface area (Å²) in [6.45, 7) is 9.19.